The van der Waals surface area contributed by atoms with Gasteiger partial charge < -0.3 is 0 Å². The van der Waals surface area contributed by atoms with Crippen molar-refractivity contribution in [2.24, 2.45) is 5.92 Å². The predicted molar refractivity (Wildman–Crippen MR) is 78.6 cm³/mol. The monoisotopic (exact) mass is 274 g/mol. The summed E-state index contributed by atoms with van der Waals surface area (Å²) in [5, 5.41) is 11.1. The third-order valence-electron chi connectivity index (χ3n) is 4.81. The Labute approximate surface area is 119 Å². The predicted octanol–water partition coefficient (Wildman–Crippen LogP) is 3.67. The van der Waals surface area contributed by atoms with Gasteiger partial charge in [-0.15, -0.1) is 0 Å². The van der Waals surface area contributed by atoms with Gasteiger partial charge in [0.25, 0.3) is 5.69 Å². The van der Waals surface area contributed by atoms with Crippen molar-refractivity contribution in [3.63, 3.8) is 0 Å². The molecule has 1 aromatic carbocycles. The van der Waals surface area contributed by atoms with Crippen LogP contribution in [0.2, 0.25) is 0 Å². The molecule has 0 aromatic heterocycles. The summed E-state index contributed by atoms with van der Waals surface area (Å²) in [4.78, 5) is 13.3. The minimum absolute atomic E-state index is 0.248. The van der Waals surface area contributed by atoms with E-state index in [1.54, 1.807) is 6.07 Å². The molecule has 0 amide bonds. The Kier molecular flexibility index (Phi) is 3.50. The van der Waals surface area contributed by atoms with Gasteiger partial charge in [0.05, 0.1) is 4.92 Å². The second-order valence-corrected chi connectivity index (χ2v) is 6.30. The lowest BCUT2D eigenvalue weighted by molar-refractivity contribution is -0.385. The lowest BCUT2D eigenvalue weighted by Crippen LogP contribution is -2.36. The Morgan fingerprint density at radius 1 is 1.35 bits per heavy atom. The smallest absolute Gasteiger partial charge is 0.272 e. The van der Waals surface area contributed by atoms with E-state index in [0.717, 1.165) is 23.6 Å². The van der Waals surface area contributed by atoms with Gasteiger partial charge in [0, 0.05) is 30.3 Å². The van der Waals surface area contributed by atoms with Crippen molar-refractivity contribution in [1.29, 1.82) is 0 Å². The van der Waals surface area contributed by atoms with Crippen molar-refractivity contribution in [2.75, 3.05) is 0 Å². The molecule has 0 saturated heterocycles. The molecule has 3 rings (SSSR count). The fourth-order valence-electron chi connectivity index (χ4n) is 3.10. The lowest BCUT2D eigenvalue weighted by Gasteiger charge is -2.29. The summed E-state index contributed by atoms with van der Waals surface area (Å²) < 4.78 is 0. The first-order valence-corrected chi connectivity index (χ1v) is 7.56. The fourth-order valence-corrected chi connectivity index (χ4v) is 3.10. The zero-order valence-corrected chi connectivity index (χ0v) is 12.2. The van der Waals surface area contributed by atoms with Crippen LogP contribution in [0.25, 0.3) is 0 Å². The van der Waals surface area contributed by atoms with Crippen LogP contribution in [0.5, 0.6) is 0 Å². The van der Waals surface area contributed by atoms with Gasteiger partial charge in [0.15, 0.2) is 0 Å². The third-order valence-corrected chi connectivity index (χ3v) is 4.81. The molecule has 4 nitrogen and oxygen atoms in total. The summed E-state index contributed by atoms with van der Waals surface area (Å²) in [5.74, 6) is 0.842. The molecule has 2 saturated carbocycles. The highest BCUT2D eigenvalue weighted by Gasteiger charge is 2.39. The maximum Gasteiger partial charge on any atom is 0.272 e. The van der Waals surface area contributed by atoms with Crippen molar-refractivity contribution < 1.29 is 4.92 Å². The van der Waals surface area contributed by atoms with Crippen LogP contribution in [0, 0.1) is 23.0 Å². The molecule has 1 unspecified atom stereocenters. The van der Waals surface area contributed by atoms with Gasteiger partial charge in [-0.3, -0.25) is 15.0 Å². The van der Waals surface area contributed by atoms with E-state index in [1.807, 2.05) is 19.1 Å². The minimum atomic E-state index is -0.273. The Bertz CT molecular complexity index is 521. The minimum Gasteiger partial charge on any atom is -0.293 e. The average molecular weight is 274 g/mol. The molecule has 2 fully saturated rings. The van der Waals surface area contributed by atoms with Gasteiger partial charge in [-0.1, -0.05) is 12.1 Å². The molecule has 0 aliphatic heterocycles. The summed E-state index contributed by atoms with van der Waals surface area (Å²) in [6.07, 6.45) is 5.26. The van der Waals surface area contributed by atoms with E-state index in [4.69, 9.17) is 0 Å². The molecular weight excluding hydrogens is 252 g/mol. The molecular formula is C16H22N2O2. The van der Waals surface area contributed by atoms with Crippen LogP contribution in [-0.2, 0) is 6.54 Å². The molecule has 0 N–H and O–H groups in total. The normalized spacial score (nSPS) is 20.1. The Morgan fingerprint density at radius 2 is 2.05 bits per heavy atom. The van der Waals surface area contributed by atoms with E-state index in [0.29, 0.717) is 12.1 Å². The number of rotatable bonds is 6. The van der Waals surface area contributed by atoms with Gasteiger partial charge in [0.2, 0.25) is 0 Å². The van der Waals surface area contributed by atoms with E-state index in [2.05, 4.69) is 11.8 Å². The second kappa shape index (κ2) is 5.17. The number of hydrogen-bond acceptors (Lipinski definition) is 3. The zero-order chi connectivity index (χ0) is 14.3. The molecule has 2 aliphatic rings. The molecule has 0 heterocycles. The first-order chi connectivity index (χ1) is 9.58. The summed E-state index contributed by atoms with van der Waals surface area (Å²) in [5.41, 5.74) is 2.18. The van der Waals surface area contributed by atoms with Crippen LogP contribution in [0.15, 0.2) is 18.2 Å². The summed E-state index contributed by atoms with van der Waals surface area (Å²) in [6.45, 7) is 5.05. The maximum atomic E-state index is 11.1. The van der Waals surface area contributed by atoms with Crippen LogP contribution < -0.4 is 0 Å². The lowest BCUT2D eigenvalue weighted by atomic mass is 10.0. The summed E-state index contributed by atoms with van der Waals surface area (Å²) >= 11 is 0. The van der Waals surface area contributed by atoms with E-state index >= 15 is 0 Å². The van der Waals surface area contributed by atoms with Crippen LogP contribution in [0.1, 0.15) is 43.7 Å². The molecule has 1 aromatic rings. The molecule has 1 atom stereocenters. The van der Waals surface area contributed by atoms with Crippen LogP contribution in [0.4, 0.5) is 5.69 Å². The van der Waals surface area contributed by atoms with Crippen LogP contribution >= 0.6 is 0 Å². The molecule has 4 heteroatoms. The van der Waals surface area contributed by atoms with Gasteiger partial charge >= 0.3 is 0 Å². The molecule has 0 radical (unpaired) electrons. The number of nitrogens with zero attached hydrogens (tertiary/aromatic N) is 2. The maximum absolute atomic E-state index is 11.1. The van der Waals surface area contributed by atoms with Gasteiger partial charge in [0.1, 0.15) is 0 Å². The number of benzene rings is 1. The highest BCUT2D eigenvalue weighted by atomic mass is 16.6. The van der Waals surface area contributed by atoms with Gasteiger partial charge in [-0.25, -0.2) is 0 Å². The first kappa shape index (κ1) is 13.6. The molecule has 20 heavy (non-hydrogen) atoms. The quantitative estimate of drug-likeness (QED) is 0.587. The Morgan fingerprint density at radius 3 is 2.60 bits per heavy atom. The third kappa shape index (κ3) is 2.70. The highest BCUT2D eigenvalue weighted by Crippen LogP contribution is 2.40. The highest BCUT2D eigenvalue weighted by molar-refractivity contribution is 5.44. The number of nitro benzene ring substituents is 1. The number of hydrogen-bond donors (Lipinski definition) is 0. The fraction of sp³-hybridized carbons (Fsp3) is 0.625. The second-order valence-electron chi connectivity index (χ2n) is 6.30. The van der Waals surface area contributed by atoms with Crippen molar-refractivity contribution >= 4 is 5.69 Å². The van der Waals surface area contributed by atoms with Crippen molar-refractivity contribution in [1.82, 2.24) is 4.90 Å². The van der Waals surface area contributed by atoms with E-state index in [1.165, 1.54) is 25.7 Å². The van der Waals surface area contributed by atoms with E-state index in [9.17, 15) is 10.1 Å². The number of nitro groups is 1. The van der Waals surface area contributed by atoms with E-state index in [-0.39, 0.29) is 10.6 Å². The van der Waals surface area contributed by atoms with Crippen molar-refractivity contribution in [2.45, 2.75) is 58.2 Å². The van der Waals surface area contributed by atoms with Gasteiger partial charge in [-0.2, -0.15) is 0 Å². The average Bonchev–Trinajstić information content (AvgIpc) is 3.29. The topological polar surface area (TPSA) is 46.4 Å². The Balaban J connectivity index is 1.81. The SMILES string of the molecule is Cc1c(CN(C2CC2)C(C)C2CC2)cccc1[N+](=O)[O-]. The first-order valence-electron chi connectivity index (χ1n) is 7.56. The molecule has 108 valence electrons. The molecule has 0 spiro atoms. The van der Waals surface area contributed by atoms with Crippen molar-refractivity contribution in [3.8, 4) is 0 Å². The standard InChI is InChI=1S/C16H22N2O2/c1-11-14(4-3-5-16(11)18(19)20)10-17(15-8-9-15)12(2)13-6-7-13/h3-5,12-13,15H,6-10H2,1-2H3. The molecule has 2 aliphatic carbocycles. The van der Waals surface area contributed by atoms with Crippen LogP contribution in [-0.4, -0.2) is 21.9 Å². The summed E-state index contributed by atoms with van der Waals surface area (Å²) in [7, 11) is 0. The summed E-state index contributed by atoms with van der Waals surface area (Å²) in [6, 6.07) is 6.76. The Hall–Kier alpha value is -1.42. The van der Waals surface area contributed by atoms with Crippen molar-refractivity contribution in [3.05, 3.63) is 39.4 Å². The van der Waals surface area contributed by atoms with Gasteiger partial charge in [-0.05, 0) is 51.0 Å². The molecule has 0 bridgehead atoms. The van der Waals surface area contributed by atoms with Crippen LogP contribution in [0.3, 0.4) is 0 Å². The zero-order valence-electron chi connectivity index (χ0n) is 12.2. The largest absolute Gasteiger partial charge is 0.293 e. The van der Waals surface area contributed by atoms with E-state index < -0.39 is 0 Å².